The zero-order chi connectivity index (χ0) is 25.2. The Morgan fingerprint density at radius 1 is 1.00 bits per heavy atom. The standard InChI is InChI=1S/C23H24N4O6S2/c1-2-24-23(31)25-20-19(15-7-3-5-9-17(15)34-20)21(28)26-11-13-27(14-12-26)35(32,33)18-10-6-4-8-16(18)22(29)30/h3-10H,2,11-14H2,1H3,(H,29,30)(H2,24,25,31). The molecule has 2 aromatic carbocycles. The Morgan fingerprint density at radius 2 is 1.66 bits per heavy atom. The smallest absolute Gasteiger partial charge is 0.337 e. The zero-order valence-electron chi connectivity index (χ0n) is 18.9. The molecule has 0 radical (unpaired) electrons. The van der Waals surface area contributed by atoms with Crippen molar-refractivity contribution >= 4 is 54.4 Å². The van der Waals surface area contributed by atoms with Gasteiger partial charge < -0.3 is 15.3 Å². The third-order valence-electron chi connectivity index (χ3n) is 5.63. The molecule has 0 aliphatic carbocycles. The van der Waals surface area contributed by atoms with Gasteiger partial charge in [0.05, 0.1) is 16.0 Å². The van der Waals surface area contributed by atoms with Gasteiger partial charge in [-0.15, -0.1) is 11.3 Å². The van der Waals surface area contributed by atoms with E-state index in [9.17, 15) is 27.9 Å². The molecule has 2 heterocycles. The molecule has 0 saturated carbocycles. The second-order valence-electron chi connectivity index (χ2n) is 7.78. The molecule has 3 amide bonds. The molecule has 3 N–H and O–H groups in total. The molecule has 184 valence electrons. The van der Waals surface area contributed by atoms with E-state index < -0.39 is 22.0 Å². The van der Waals surface area contributed by atoms with Crippen LogP contribution in [-0.4, -0.2) is 73.4 Å². The number of carbonyl (C=O) groups excluding carboxylic acids is 2. The van der Waals surface area contributed by atoms with Crippen LogP contribution in [0.25, 0.3) is 10.1 Å². The molecule has 35 heavy (non-hydrogen) atoms. The number of hydrogen-bond acceptors (Lipinski definition) is 6. The number of hydrogen-bond donors (Lipinski definition) is 3. The normalized spacial score (nSPS) is 14.6. The number of nitrogens with one attached hydrogen (secondary N) is 2. The van der Waals surface area contributed by atoms with Gasteiger partial charge in [0, 0.05) is 42.8 Å². The van der Waals surface area contributed by atoms with Crippen LogP contribution in [0.15, 0.2) is 53.4 Å². The van der Waals surface area contributed by atoms with Crippen LogP contribution in [0.3, 0.4) is 0 Å². The van der Waals surface area contributed by atoms with Gasteiger partial charge >= 0.3 is 12.0 Å². The topological polar surface area (TPSA) is 136 Å². The Labute approximate surface area is 206 Å². The van der Waals surface area contributed by atoms with E-state index in [0.29, 0.717) is 22.5 Å². The molecule has 0 atom stereocenters. The predicted molar refractivity (Wildman–Crippen MR) is 133 cm³/mol. The second kappa shape index (κ2) is 10.0. The number of urea groups is 1. The number of benzene rings is 2. The number of carboxylic acid groups (broad SMARTS) is 1. The van der Waals surface area contributed by atoms with Gasteiger partial charge in [0.1, 0.15) is 5.00 Å². The van der Waals surface area contributed by atoms with Crippen molar-refractivity contribution in [2.45, 2.75) is 11.8 Å². The van der Waals surface area contributed by atoms with E-state index >= 15 is 0 Å². The van der Waals surface area contributed by atoms with Crippen LogP contribution >= 0.6 is 11.3 Å². The minimum Gasteiger partial charge on any atom is -0.478 e. The summed E-state index contributed by atoms with van der Waals surface area (Å²) in [6.07, 6.45) is 0. The first-order valence-electron chi connectivity index (χ1n) is 10.9. The maximum atomic E-state index is 13.5. The van der Waals surface area contributed by atoms with E-state index in [2.05, 4.69) is 10.6 Å². The van der Waals surface area contributed by atoms with Crippen LogP contribution in [0.4, 0.5) is 9.80 Å². The van der Waals surface area contributed by atoms with Crippen molar-refractivity contribution in [2.24, 2.45) is 0 Å². The minimum absolute atomic E-state index is 0.0170. The molecule has 12 heteroatoms. The average molecular weight is 517 g/mol. The first-order chi connectivity index (χ1) is 16.7. The Hall–Kier alpha value is -3.48. The Balaban J connectivity index is 1.56. The average Bonchev–Trinajstić information content (AvgIpc) is 3.21. The summed E-state index contributed by atoms with van der Waals surface area (Å²) in [4.78, 5) is 38.5. The molecular weight excluding hydrogens is 492 g/mol. The molecule has 1 fully saturated rings. The van der Waals surface area contributed by atoms with Crippen LogP contribution in [-0.2, 0) is 10.0 Å². The lowest BCUT2D eigenvalue weighted by Crippen LogP contribution is -2.50. The highest BCUT2D eigenvalue weighted by molar-refractivity contribution is 7.89. The summed E-state index contributed by atoms with van der Waals surface area (Å²) in [5.74, 6) is -1.63. The molecule has 1 aliphatic heterocycles. The Kier molecular flexibility index (Phi) is 7.05. The number of fused-ring (bicyclic) bond motifs is 1. The Bertz CT molecular complexity index is 1390. The van der Waals surface area contributed by atoms with Crippen LogP contribution in [0.2, 0.25) is 0 Å². The fourth-order valence-corrected chi connectivity index (χ4v) is 6.65. The lowest BCUT2D eigenvalue weighted by Gasteiger charge is -2.34. The van der Waals surface area contributed by atoms with Crippen LogP contribution in [0.1, 0.15) is 27.6 Å². The number of carboxylic acids is 1. The third kappa shape index (κ3) is 4.85. The molecule has 3 aromatic rings. The van der Waals surface area contributed by atoms with Gasteiger partial charge in [-0.2, -0.15) is 4.31 Å². The van der Waals surface area contributed by atoms with Gasteiger partial charge in [0.15, 0.2) is 0 Å². The second-order valence-corrected chi connectivity index (χ2v) is 10.7. The third-order valence-corrected chi connectivity index (χ3v) is 8.68. The highest BCUT2D eigenvalue weighted by atomic mass is 32.2. The van der Waals surface area contributed by atoms with Crippen molar-refractivity contribution in [3.05, 3.63) is 59.7 Å². The molecule has 1 aromatic heterocycles. The number of nitrogens with zero attached hydrogens (tertiary/aromatic N) is 2. The lowest BCUT2D eigenvalue weighted by atomic mass is 10.1. The molecule has 1 saturated heterocycles. The molecule has 0 bridgehead atoms. The summed E-state index contributed by atoms with van der Waals surface area (Å²) >= 11 is 1.30. The van der Waals surface area contributed by atoms with E-state index in [1.807, 2.05) is 24.3 Å². The maximum Gasteiger partial charge on any atom is 0.337 e. The van der Waals surface area contributed by atoms with Crippen molar-refractivity contribution in [1.29, 1.82) is 0 Å². The summed E-state index contributed by atoms with van der Waals surface area (Å²) in [6.45, 7) is 2.50. The van der Waals surface area contributed by atoms with Gasteiger partial charge in [-0.05, 0) is 25.1 Å². The van der Waals surface area contributed by atoms with Crippen molar-refractivity contribution in [2.75, 3.05) is 38.0 Å². The van der Waals surface area contributed by atoms with Crippen molar-refractivity contribution in [3.8, 4) is 0 Å². The fraction of sp³-hybridized carbons (Fsp3) is 0.261. The first kappa shape index (κ1) is 24.6. The van der Waals surface area contributed by atoms with Gasteiger partial charge in [-0.3, -0.25) is 10.1 Å². The summed E-state index contributed by atoms with van der Waals surface area (Å²) in [5, 5.41) is 15.9. The molecule has 10 nitrogen and oxygen atoms in total. The van der Waals surface area contributed by atoms with Crippen molar-refractivity contribution in [3.63, 3.8) is 0 Å². The van der Waals surface area contributed by atoms with E-state index in [1.165, 1.54) is 39.9 Å². The SMILES string of the molecule is CCNC(=O)Nc1sc2ccccc2c1C(=O)N1CCN(S(=O)(=O)c2ccccc2C(=O)O)CC1. The Morgan fingerprint density at radius 3 is 2.34 bits per heavy atom. The number of carbonyl (C=O) groups is 3. The maximum absolute atomic E-state index is 13.5. The van der Waals surface area contributed by atoms with Gasteiger partial charge in [-0.25, -0.2) is 18.0 Å². The highest BCUT2D eigenvalue weighted by Gasteiger charge is 2.34. The highest BCUT2D eigenvalue weighted by Crippen LogP contribution is 2.36. The van der Waals surface area contributed by atoms with E-state index in [0.717, 1.165) is 4.70 Å². The van der Waals surface area contributed by atoms with Crippen LogP contribution in [0, 0.1) is 0 Å². The number of sulfonamides is 1. The first-order valence-corrected chi connectivity index (χ1v) is 13.2. The number of thiophene rings is 1. The van der Waals surface area contributed by atoms with Crippen LogP contribution < -0.4 is 10.6 Å². The minimum atomic E-state index is -4.05. The van der Waals surface area contributed by atoms with Gasteiger partial charge in [0.2, 0.25) is 10.0 Å². The van der Waals surface area contributed by atoms with E-state index in [1.54, 1.807) is 11.8 Å². The quantitative estimate of drug-likeness (QED) is 0.461. The molecule has 1 aliphatic rings. The van der Waals surface area contributed by atoms with Crippen molar-refractivity contribution < 1.29 is 27.9 Å². The summed E-state index contributed by atoms with van der Waals surface area (Å²) in [7, 11) is -4.05. The van der Waals surface area contributed by atoms with Gasteiger partial charge in [0.25, 0.3) is 5.91 Å². The van der Waals surface area contributed by atoms with Gasteiger partial charge in [-0.1, -0.05) is 30.3 Å². The fourth-order valence-electron chi connectivity index (χ4n) is 3.95. The molecule has 4 rings (SSSR count). The summed E-state index contributed by atoms with van der Waals surface area (Å²) in [6, 6.07) is 12.4. The van der Waals surface area contributed by atoms with E-state index in [-0.39, 0.29) is 42.5 Å². The molecule has 0 unspecified atom stereocenters. The largest absolute Gasteiger partial charge is 0.478 e. The number of rotatable bonds is 6. The zero-order valence-corrected chi connectivity index (χ0v) is 20.5. The summed E-state index contributed by atoms with van der Waals surface area (Å²) < 4.78 is 28.3. The van der Waals surface area contributed by atoms with Crippen LogP contribution in [0.5, 0.6) is 0 Å². The number of amides is 3. The molecule has 0 spiro atoms. The monoisotopic (exact) mass is 516 g/mol. The molecular formula is C23H24N4O6S2. The number of piperazine rings is 1. The van der Waals surface area contributed by atoms with E-state index in [4.69, 9.17) is 0 Å². The number of aromatic carboxylic acids is 1. The number of anilines is 1. The van der Waals surface area contributed by atoms with Crippen molar-refractivity contribution in [1.82, 2.24) is 14.5 Å². The summed E-state index contributed by atoms with van der Waals surface area (Å²) in [5.41, 5.74) is 0.0706. The lowest BCUT2D eigenvalue weighted by molar-refractivity contribution is 0.0691. The predicted octanol–water partition coefficient (Wildman–Crippen LogP) is 2.89.